The lowest BCUT2D eigenvalue weighted by Gasteiger charge is -1.98. The molecule has 0 amide bonds. The van der Waals surface area contributed by atoms with Gasteiger partial charge in [0.15, 0.2) is 0 Å². The third-order valence-electron chi connectivity index (χ3n) is 1.18. The molecule has 0 spiro atoms. The number of phenols is 1. The molecule has 0 aromatic heterocycles. The summed E-state index contributed by atoms with van der Waals surface area (Å²) in [7, 11) is 0. The predicted molar refractivity (Wildman–Crippen MR) is 60.2 cm³/mol. The number of halogens is 2. The molecular weight excluding hydrogens is 388 g/mol. The Morgan fingerprint density at radius 1 is 1.33 bits per heavy atom. The van der Waals surface area contributed by atoms with Gasteiger partial charge in [-0.15, -0.1) is 0 Å². The monoisotopic (exact) mass is 391 g/mol. The van der Waals surface area contributed by atoms with Crippen molar-refractivity contribution < 1.29 is 10.0 Å². The van der Waals surface area contributed by atoms with Crippen LogP contribution in [0.1, 0.15) is 0 Å². The van der Waals surface area contributed by atoms with Crippen LogP contribution in [-0.4, -0.2) is 10.0 Å². The first-order chi connectivity index (χ1) is 5.52. The minimum Gasteiger partial charge on any atom is -0.508 e. The van der Waals surface area contributed by atoms with Crippen LogP contribution < -0.4 is 0 Å². The molecule has 0 atom stereocenters. The van der Waals surface area contributed by atoms with E-state index in [2.05, 4.69) is 0 Å². The number of rotatable bonds is 1. The van der Waals surface area contributed by atoms with Crippen molar-refractivity contribution >= 4 is 50.9 Å². The van der Waals surface area contributed by atoms with E-state index in [0.717, 1.165) is 0 Å². The molecule has 64 valence electrons. The second-order valence-electron chi connectivity index (χ2n) is 2.02. The maximum atomic E-state index is 10.5. The predicted octanol–water partition coefficient (Wildman–Crippen LogP) is 2.51. The van der Waals surface area contributed by atoms with Gasteiger partial charge in [-0.2, -0.15) is 0 Å². The molecule has 0 radical (unpaired) electrons. The second-order valence-corrected chi connectivity index (χ2v) is 4.34. The number of hydrogen-bond acceptors (Lipinski definition) is 3. The lowest BCUT2D eigenvalue weighted by Crippen LogP contribution is -1.94. The van der Waals surface area contributed by atoms with Crippen molar-refractivity contribution in [1.82, 2.24) is 0 Å². The van der Waals surface area contributed by atoms with Crippen LogP contribution in [0.2, 0.25) is 0 Å². The zero-order chi connectivity index (χ0) is 9.30. The summed E-state index contributed by atoms with van der Waals surface area (Å²) in [6.07, 6.45) is 0. The Balaban J connectivity index is 3.38. The average Bonchev–Trinajstić information content (AvgIpc) is 1.82. The van der Waals surface area contributed by atoms with Gasteiger partial charge in [0.2, 0.25) is 0 Å². The average molecular weight is 391 g/mol. The molecule has 1 aromatic rings. The third kappa shape index (κ3) is 1.97. The molecule has 0 fully saturated rings. The van der Waals surface area contributed by atoms with E-state index in [1.54, 1.807) is 0 Å². The maximum absolute atomic E-state index is 10.5. The van der Waals surface area contributed by atoms with Crippen molar-refractivity contribution in [3.05, 3.63) is 29.4 Å². The molecule has 0 unspecified atom stereocenters. The van der Waals surface area contributed by atoms with E-state index in [4.69, 9.17) is 5.11 Å². The van der Waals surface area contributed by atoms with Gasteiger partial charge < -0.3 is 5.11 Å². The number of nitro benzene ring substituents is 1. The number of benzene rings is 1. The van der Waals surface area contributed by atoms with Crippen LogP contribution in [0.4, 0.5) is 5.69 Å². The van der Waals surface area contributed by atoms with Gasteiger partial charge in [-0.25, -0.2) is 0 Å². The van der Waals surface area contributed by atoms with Crippen molar-refractivity contribution in [3.63, 3.8) is 0 Å². The molecule has 0 heterocycles. The van der Waals surface area contributed by atoms with Crippen molar-refractivity contribution in [1.29, 1.82) is 0 Å². The summed E-state index contributed by atoms with van der Waals surface area (Å²) in [4.78, 5) is 10.0. The van der Waals surface area contributed by atoms with E-state index in [9.17, 15) is 10.1 Å². The molecule has 1 rings (SSSR count). The van der Waals surface area contributed by atoms with Gasteiger partial charge >= 0.3 is 0 Å². The summed E-state index contributed by atoms with van der Waals surface area (Å²) in [5.74, 6) is 0.0504. The number of nitro groups is 1. The Morgan fingerprint density at radius 2 is 1.75 bits per heavy atom. The molecule has 0 saturated carbocycles. The molecule has 0 bridgehead atoms. The lowest BCUT2D eigenvalue weighted by atomic mass is 10.3. The van der Waals surface area contributed by atoms with E-state index in [-0.39, 0.29) is 11.4 Å². The first kappa shape index (κ1) is 9.96. The summed E-state index contributed by atoms with van der Waals surface area (Å²) in [5.41, 5.74) is 0.0500. The Morgan fingerprint density at radius 3 is 2.08 bits per heavy atom. The summed E-state index contributed by atoms with van der Waals surface area (Å²) < 4.78 is 0.893. The Hall–Kier alpha value is -0.120. The zero-order valence-electron chi connectivity index (χ0n) is 5.62. The van der Waals surface area contributed by atoms with Gasteiger partial charge in [0.1, 0.15) is 5.75 Å². The highest BCUT2D eigenvalue weighted by Gasteiger charge is 2.17. The van der Waals surface area contributed by atoms with E-state index in [1.807, 2.05) is 45.2 Å². The minimum absolute atomic E-state index is 0.0500. The number of hydrogen-bond donors (Lipinski definition) is 1. The molecule has 12 heavy (non-hydrogen) atoms. The van der Waals surface area contributed by atoms with E-state index >= 15 is 0 Å². The Bertz CT molecular complexity index is 317. The first-order valence-corrected chi connectivity index (χ1v) is 5.00. The van der Waals surface area contributed by atoms with Gasteiger partial charge in [-0.1, -0.05) is 0 Å². The standard InChI is InChI=1S/C6H3I2NO3/c7-4-1-3(10)2-5(8)6(4)9(11)12/h1-2,10H. The highest BCUT2D eigenvalue weighted by Crippen LogP contribution is 2.30. The topological polar surface area (TPSA) is 63.4 Å². The van der Waals surface area contributed by atoms with Crippen LogP contribution in [0, 0.1) is 17.3 Å². The summed E-state index contributed by atoms with van der Waals surface area (Å²) >= 11 is 3.64. The quantitative estimate of drug-likeness (QED) is 0.455. The molecule has 0 aliphatic rings. The van der Waals surface area contributed by atoms with Crippen LogP contribution >= 0.6 is 45.2 Å². The number of phenolic OH excluding ortho intramolecular Hbond substituents is 1. The summed E-state index contributed by atoms with van der Waals surface area (Å²) in [6.45, 7) is 0. The fourth-order valence-electron chi connectivity index (χ4n) is 0.727. The number of aromatic hydroxyl groups is 1. The summed E-state index contributed by atoms with van der Waals surface area (Å²) in [6, 6.07) is 2.72. The zero-order valence-corrected chi connectivity index (χ0v) is 9.94. The highest BCUT2D eigenvalue weighted by atomic mass is 127. The molecule has 1 N–H and O–H groups in total. The van der Waals surface area contributed by atoms with E-state index in [0.29, 0.717) is 7.14 Å². The van der Waals surface area contributed by atoms with E-state index in [1.165, 1.54) is 12.1 Å². The van der Waals surface area contributed by atoms with Crippen molar-refractivity contribution in [2.45, 2.75) is 0 Å². The van der Waals surface area contributed by atoms with Crippen molar-refractivity contribution in [2.75, 3.05) is 0 Å². The van der Waals surface area contributed by atoms with Gasteiger partial charge in [0, 0.05) is 12.1 Å². The van der Waals surface area contributed by atoms with Crippen molar-refractivity contribution in [2.24, 2.45) is 0 Å². The molecule has 0 aliphatic heterocycles. The van der Waals surface area contributed by atoms with Crippen LogP contribution in [0.3, 0.4) is 0 Å². The van der Waals surface area contributed by atoms with Crippen molar-refractivity contribution in [3.8, 4) is 5.75 Å². The largest absolute Gasteiger partial charge is 0.508 e. The highest BCUT2D eigenvalue weighted by molar-refractivity contribution is 14.1. The fourth-order valence-corrected chi connectivity index (χ4v) is 2.86. The Kier molecular flexibility index (Phi) is 3.09. The summed E-state index contributed by atoms with van der Waals surface area (Å²) in [5, 5.41) is 19.5. The van der Waals surface area contributed by atoms with Crippen LogP contribution in [0.25, 0.3) is 0 Å². The van der Waals surface area contributed by atoms with Crippen LogP contribution in [0.15, 0.2) is 12.1 Å². The van der Waals surface area contributed by atoms with Gasteiger partial charge in [-0.05, 0) is 45.2 Å². The van der Waals surface area contributed by atoms with Crippen LogP contribution in [-0.2, 0) is 0 Å². The minimum atomic E-state index is -0.455. The molecule has 4 nitrogen and oxygen atoms in total. The molecular formula is C6H3I2NO3. The fraction of sp³-hybridized carbons (Fsp3) is 0. The second kappa shape index (κ2) is 3.73. The molecule has 6 heteroatoms. The smallest absolute Gasteiger partial charge is 0.296 e. The van der Waals surface area contributed by atoms with Gasteiger partial charge in [0.05, 0.1) is 12.1 Å². The molecule has 1 aromatic carbocycles. The molecule has 0 aliphatic carbocycles. The first-order valence-electron chi connectivity index (χ1n) is 2.85. The number of nitrogens with zero attached hydrogens (tertiary/aromatic N) is 1. The maximum Gasteiger partial charge on any atom is 0.296 e. The van der Waals surface area contributed by atoms with Gasteiger partial charge in [0.25, 0.3) is 5.69 Å². The SMILES string of the molecule is O=[N+]([O-])c1c(I)cc(O)cc1I. The lowest BCUT2D eigenvalue weighted by molar-refractivity contribution is -0.386. The van der Waals surface area contributed by atoms with Gasteiger partial charge in [-0.3, -0.25) is 10.1 Å². The van der Waals surface area contributed by atoms with E-state index < -0.39 is 4.92 Å². The normalized spacial score (nSPS) is 9.83. The molecule has 0 saturated heterocycles. The third-order valence-corrected chi connectivity index (χ3v) is 2.83. The van der Waals surface area contributed by atoms with Crippen LogP contribution in [0.5, 0.6) is 5.75 Å². The Labute approximate surface area is 95.4 Å².